The summed E-state index contributed by atoms with van der Waals surface area (Å²) in [4.78, 5) is 61.7. The van der Waals surface area contributed by atoms with Crippen LogP contribution < -0.4 is 27.8 Å². The van der Waals surface area contributed by atoms with Crippen LogP contribution in [0.2, 0.25) is 0 Å². The Morgan fingerprint density at radius 1 is 1.00 bits per heavy atom. The van der Waals surface area contributed by atoms with Gasteiger partial charge in [-0.3, -0.25) is 24.2 Å². The van der Waals surface area contributed by atoms with E-state index in [2.05, 4.69) is 20.6 Å². The Hall–Kier alpha value is -4.77. The molecular formula is C30H35F3N8O5. The number of aliphatic imine (C=N–C) groups is 1. The fourth-order valence-corrected chi connectivity index (χ4v) is 4.28. The second-order valence-corrected chi connectivity index (χ2v) is 10.2. The number of aliphatic hydroxyl groups is 1. The lowest BCUT2D eigenvalue weighted by molar-refractivity contribution is -0.137. The zero-order chi connectivity index (χ0) is 33.9. The van der Waals surface area contributed by atoms with Crippen molar-refractivity contribution < 1.29 is 37.5 Å². The summed E-state index contributed by atoms with van der Waals surface area (Å²) in [6.45, 7) is -0.451. The highest BCUT2D eigenvalue weighted by molar-refractivity contribution is 6.43. The van der Waals surface area contributed by atoms with Crippen LogP contribution in [0.3, 0.4) is 0 Å². The number of nitrogens with zero attached hydrogens (tertiary/aromatic N) is 3. The molecule has 0 aliphatic rings. The Balaban J connectivity index is 1.94. The van der Waals surface area contributed by atoms with Crippen LogP contribution in [0.1, 0.15) is 17.5 Å². The standard InChI is InChI=1S/C30H35F3N8O5/c31-30(32,33)20-7-5-18(6-8-20)13-24(28(45)38-21-14-19-3-1-2-4-23(19)37-16-21)40-29(46)25(39-27(44)22(36)17-42)15-26(43)41(11-9-34)12-10-35/h1-8,14,16,22,24,42H,9-13,15,17,34-36H2,(H,38,45)(H,40,46)/t22-,24+/m1/s1. The lowest BCUT2D eigenvalue weighted by atomic mass is 10.0. The van der Waals surface area contributed by atoms with Crippen LogP contribution in [0, 0.1) is 0 Å². The van der Waals surface area contributed by atoms with Gasteiger partial charge in [0.25, 0.3) is 11.8 Å². The number of fused-ring (bicyclic) bond motifs is 1. The Morgan fingerprint density at radius 3 is 2.26 bits per heavy atom. The number of carbonyl (C=O) groups excluding carboxylic acids is 4. The van der Waals surface area contributed by atoms with Gasteiger partial charge in [0.1, 0.15) is 17.8 Å². The Labute approximate surface area is 262 Å². The predicted octanol–water partition coefficient (Wildman–Crippen LogP) is 0.343. The van der Waals surface area contributed by atoms with Gasteiger partial charge in [0.15, 0.2) is 0 Å². The van der Waals surface area contributed by atoms with E-state index in [4.69, 9.17) is 17.2 Å². The van der Waals surface area contributed by atoms with Gasteiger partial charge >= 0.3 is 6.18 Å². The number of alkyl halides is 3. The molecule has 3 rings (SSSR count). The molecule has 3 aromatic rings. The van der Waals surface area contributed by atoms with Gasteiger partial charge in [0, 0.05) is 38.0 Å². The number of carbonyl (C=O) groups is 4. The van der Waals surface area contributed by atoms with E-state index in [1.165, 1.54) is 11.1 Å². The molecule has 0 bridgehead atoms. The average molecular weight is 645 g/mol. The number of hydrogen-bond acceptors (Lipinski definition) is 9. The van der Waals surface area contributed by atoms with Crippen LogP contribution in [-0.2, 0) is 31.8 Å². The lowest BCUT2D eigenvalue weighted by Crippen LogP contribution is -2.49. The minimum atomic E-state index is -4.59. The number of rotatable bonds is 14. The number of nitrogens with one attached hydrogen (secondary N) is 2. The number of halogens is 3. The Kier molecular flexibility index (Phi) is 12.8. The number of amides is 4. The molecule has 16 heteroatoms. The molecule has 1 aromatic heterocycles. The van der Waals surface area contributed by atoms with Gasteiger partial charge in [-0.1, -0.05) is 30.3 Å². The lowest BCUT2D eigenvalue weighted by Gasteiger charge is -2.23. The fourth-order valence-electron chi connectivity index (χ4n) is 4.28. The third-order valence-electron chi connectivity index (χ3n) is 6.69. The molecule has 46 heavy (non-hydrogen) atoms. The van der Waals surface area contributed by atoms with E-state index < -0.39 is 66.2 Å². The molecular weight excluding hydrogens is 609 g/mol. The van der Waals surface area contributed by atoms with E-state index in [0.29, 0.717) is 10.9 Å². The van der Waals surface area contributed by atoms with E-state index in [0.717, 1.165) is 24.3 Å². The maximum absolute atomic E-state index is 13.5. The van der Waals surface area contributed by atoms with Crippen molar-refractivity contribution in [3.05, 3.63) is 71.9 Å². The van der Waals surface area contributed by atoms with Crippen molar-refractivity contribution in [3.8, 4) is 0 Å². The Morgan fingerprint density at radius 2 is 1.65 bits per heavy atom. The first kappa shape index (κ1) is 35.7. The normalized spacial score (nSPS) is 13.2. The zero-order valence-corrected chi connectivity index (χ0v) is 24.7. The molecule has 9 N–H and O–H groups in total. The molecule has 246 valence electrons. The van der Waals surface area contributed by atoms with Gasteiger partial charge in [-0.25, -0.2) is 4.99 Å². The van der Waals surface area contributed by atoms with Gasteiger partial charge in [-0.15, -0.1) is 0 Å². The topological polar surface area (TPSA) is 219 Å². The minimum absolute atomic E-state index is 0.0811. The third-order valence-corrected chi connectivity index (χ3v) is 6.69. The van der Waals surface area contributed by atoms with Crippen molar-refractivity contribution in [2.24, 2.45) is 22.2 Å². The average Bonchev–Trinajstić information content (AvgIpc) is 3.03. The second kappa shape index (κ2) is 16.5. The van der Waals surface area contributed by atoms with E-state index in [1.54, 1.807) is 30.3 Å². The summed E-state index contributed by atoms with van der Waals surface area (Å²) in [5.41, 5.74) is 16.4. The quantitative estimate of drug-likeness (QED) is 0.133. The van der Waals surface area contributed by atoms with E-state index >= 15 is 0 Å². The maximum atomic E-state index is 13.5. The van der Waals surface area contributed by atoms with Crippen molar-refractivity contribution in [2.45, 2.75) is 31.1 Å². The number of benzene rings is 2. The summed E-state index contributed by atoms with van der Waals surface area (Å²) in [6.07, 6.45) is -4.19. The van der Waals surface area contributed by atoms with Crippen molar-refractivity contribution >= 4 is 45.9 Å². The van der Waals surface area contributed by atoms with Gasteiger partial charge in [-0.2, -0.15) is 13.2 Å². The molecule has 0 saturated carbocycles. The fraction of sp³-hybridized carbons (Fsp3) is 0.333. The monoisotopic (exact) mass is 644 g/mol. The molecule has 0 fully saturated rings. The molecule has 0 unspecified atom stereocenters. The van der Waals surface area contributed by atoms with Crippen LogP contribution in [0.25, 0.3) is 10.9 Å². The van der Waals surface area contributed by atoms with Gasteiger partial charge in [0.05, 0.1) is 36.0 Å². The summed E-state index contributed by atoms with van der Waals surface area (Å²) < 4.78 is 39.4. The Bertz CT molecular complexity index is 1560. The molecule has 4 amide bonds. The molecule has 2 atom stereocenters. The maximum Gasteiger partial charge on any atom is 0.416 e. The zero-order valence-electron chi connectivity index (χ0n) is 24.7. The number of nitrogens with two attached hydrogens (primary N) is 3. The number of anilines is 1. The summed E-state index contributed by atoms with van der Waals surface area (Å²) in [6, 6.07) is 9.81. The largest absolute Gasteiger partial charge is 0.416 e. The van der Waals surface area contributed by atoms with Crippen LogP contribution in [0.15, 0.2) is 65.8 Å². The molecule has 13 nitrogen and oxygen atoms in total. The smallest absolute Gasteiger partial charge is 0.394 e. The number of aromatic nitrogens is 1. The minimum Gasteiger partial charge on any atom is -0.394 e. The second-order valence-electron chi connectivity index (χ2n) is 10.2. The summed E-state index contributed by atoms with van der Waals surface area (Å²) in [7, 11) is 0. The highest BCUT2D eigenvalue weighted by Gasteiger charge is 2.31. The summed E-state index contributed by atoms with van der Waals surface area (Å²) in [5, 5.41) is 15.1. The summed E-state index contributed by atoms with van der Waals surface area (Å²) >= 11 is 0. The number of para-hydroxylation sites is 1. The molecule has 0 spiro atoms. The van der Waals surface area contributed by atoms with Crippen molar-refractivity contribution in [2.75, 3.05) is 38.1 Å². The number of hydrogen-bond donors (Lipinski definition) is 6. The van der Waals surface area contributed by atoms with E-state index in [9.17, 15) is 37.5 Å². The van der Waals surface area contributed by atoms with Crippen LogP contribution in [0.4, 0.5) is 18.9 Å². The molecule has 0 saturated heterocycles. The molecule has 2 aromatic carbocycles. The van der Waals surface area contributed by atoms with E-state index in [1.807, 2.05) is 0 Å². The first-order chi connectivity index (χ1) is 21.9. The van der Waals surface area contributed by atoms with E-state index in [-0.39, 0.29) is 43.9 Å². The highest BCUT2D eigenvalue weighted by atomic mass is 19.4. The molecule has 0 radical (unpaired) electrons. The SMILES string of the molecule is NCCN(CCN)C(=O)CC(=NC(=O)[C@H](N)CO)C(=O)N[C@@H](Cc1ccc(C(F)(F)F)cc1)C(=O)Nc1cnc2ccccc2c1. The van der Waals surface area contributed by atoms with Gasteiger partial charge < -0.3 is 37.8 Å². The first-order valence-corrected chi connectivity index (χ1v) is 14.1. The van der Waals surface area contributed by atoms with Crippen molar-refractivity contribution in [1.82, 2.24) is 15.2 Å². The van der Waals surface area contributed by atoms with Crippen molar-refractivity contribution in [3.63, 3.8) is 0 Å². The van der Waals surface area contributed by atoms with Gasteiger partial charge in [-0.05, 0) is 29.8 Å². The molecule has 1 heterocycles. The number of pyridine rings is 1. The van der Waals surface area contributed by atoms with Crippen molar-refractivity contribution in [1.29, 1.82) is 0 Å². The highest BCUT2D eigenvalue weighted by Crippen LogP contribution is 2.29. The number of aliphatic hydroxyl groups excluding tert-OH is 1. The van der Waals surface area contributed by atoms with Crippen LogP contribution >= 0.6 is 0 Å². The predicted molar refractivity (Wildman–Crippen MR) is 164 cm³/mol. The first-order valence-electron chi connectivity index (χ1n) is 14.1. The molecule has 0 aliphatic carbocycles. The van der Waals surface area contributed by atoms with Crippen LogP contribution in [0.5, 0.6) is 0 Å². The third kappa shape index (κ3) is 10.1. The molecule has 0 aliphatic heterocycles. The van der Waals surface area contributed by atoms with Gasteiger partial charge in [0.2, 0.25) is 11.8 Å². The summed E-state index contributed by atoms with van der Waals surface area (Å²) in [5.74, 6) is -3.63. The van der Waals surface area contributed by atoms with Crippen LogP contribution in [-0.4, -0.2) is 89.2 Å².